The van der Waals surface area contributed by atoms with Crippen molar-refractivity contribution in [3.05, 3.63) is 40.9 Å². The summed E-state index contributed by atoms with van der Waals surface area (Å²) in [5, 5.41) is 2.95. The number of hydrogen-bond acceptors (Lipinski definition) is 4. The van der Waals surface area contributed by atoms with E-state index in [-0.39, 0.29) is 18.0 Å². The van der Waals surface area contributed by atoms with Crippen LogP contribution in [0.3, 0.4) is 0 Å². The molecule has 2 heterocycles. The average molecular weight is 456 g/mol. The fraction of sp³-hybridized carbons (Fsp3) is 0.593. The molecule has 0 N–H and O–H groups in total. The Kier molecular flexibility index (Phi) is 6.35. The van der Waals surface area contributed by atoms with Gasteiger partial charge in [0.25, 0.3) is 0 Å². The Morgan fingerprint density at radius 2 is 1.72 bits per heavy atom. The second-order valence-electron chi connectivity index (χ2n) is 10.2. The van der Waals surface area contributed by atoms with E-state index in [1.54, 1.807) is 0 Å². The fourth-order valence-electron chi connectivity index (χ4n) is 6.13. The average Bonchev–Trinajstić information content (AvgIpc) is 3.03. The van der Waals surface area contributed by atoms with Crippen LogP contribution in [0, 0.1) is 11.8 Å². The van der Waals surface area contributed by atoms with Gasteiger partial charge in [-0.25, -0.2) is 0 Å². The molecule has 2 atom stereocenters. The van der Waals surface area contributed by atoms with E-state index in [1.165, 1.54) is 38.4 Å². The van der Waals surface area contributed by atoms with E-state index in [1.807, 2.05) is 6.07 Å². The highest BCUT2D eigenvalue weighted by Gasteiger charge is 2.43. The van der Waals surface area contributed by atoms with Gasteiger partial charge >= 0.3 is 5.97 Å². The normalized spacial score (nSPS) is 30.4. The Balaban J connectivity index is 1.32. The first-order valence-corrected chi connectivity index (χ1v) is 12.6. The summed E-state index contributed by atoms with van der Waals surface area (Å²) in [7, 11) is 1.50. The first-order valence-electron chi connectivity index (χ1n) is 12.2. The van der Waals surface area contributed by atoms with Crippen LogP contribution in [0.4, 0.5) is 0 Å². The molecule has 172 valence electrons. The third-order valence-corrected chi connectivity index (χ3v) is 8.42. The minimum absolute atomic E-state index is 0.0426. The Hall–Kier alpha value is -1.78. The van der Waals surface area contributed by atoms with Crippen LogP contribution in [0.1, 0.15) is 63.9 Å². The Labute approximate surface area is 196 Å². The van der Waals surface area contributed by atoms with Crippen molar-refractivity contribution in [2.24, 2.45) is 11.8 Å². The van der Waals surface area contributed by atoms with Crippen molar-refractivity contribution in [3.63, 3.8) is 0 Å². The van der Waals surface area contributed by atoms with Crippen LogP contribution in [0.2, 0.25) is 5.02 Å². The van der Waals surface area contributed by atoms with Gasteiger partial charge in [-0.3, -0.25) is 9.69 Å². The Bertz CT molecular complexity index is 970. The lowest BCUT2D eigenvalue weighted by atomic mass is 9.89. The lowest BCUT2D eigenvalue weighted by Gasteiger charge is -2.38. The molecule has 2 aliphatic heterocycles. The van der Waals surface area contributed by atoms with Crippen molar-refractivity contribution in [2.45, 2.75) is 83.0 Å². The van der Waals surface area contributed by atoms with Gasteiger partial charge in [0.1, 0.15) is 5.75 Å². The van der Waals surface area contributed by atoms with Crippen molar-refractivity contribution in [1.82, 2.24) is 4.90 Å². The molecular formula is C27H34ClNO3. The molecule has 0 aromatic heterocycles. The molecule has 2 saturated heterocycles. The van der Waals surface area contributed by atoms with Crippen LogP contribution in [0.5, 0.6) is 5.75 Å². The van der Waals surface area contributed by atoms with Gasteiger partial charge < -0.3 is 9.47 Å². The molecule has 1 aliphatic carbocycles. The van der Waals surface area contributed by atoms with E-state index in [0.717, 1.165) is 59.7 Å². The second kappa shape index (κ2) is 9.23. The number of hydrogen-bond donors (Lipinski definition) is 0. The molecule has 3 aliphatic rings. The standard InChI is InChI=1S/C27H34ClNO3/c1-17-3-10-23(11-4-17)32-25-12-7-19-6-5-18(13-24(19)26(25)28)16-29-21-8-9-22(29)15-20(14-21)27(30)31-2/h5-7,12-13,17,20-23H,3-4,8-11,14-16H2,1-2H3/t17-,20?,21?,22?,23+. The zero-order valence-electron chi connectivity index (χ0n) is 19.2. The van der Waals surface area contributed by atoms with E-state index >= 15 is 0 Å². The van der Waals surface area contributed by atoms with Crippen molar-refractivity contribution in [2.75, 3.05) is 7.11 Å². The molecule has 5 heteroatoms. The summed E-state index contributed by atoms with van der Waals surface area (Å²) in [5.74, 6) is 1.63. The van der Waals surface area contributed by atoms with Crippen LogP contribution in [0.25, 0.3) is 10.8 Å². The van der Waals surface area contributed by atoms with Gasteiger partial charge in [0.2, 0.25) is 0 Å². The maximum absolute atomic E-state index is 12.1. The number of benzene rings is 2. The summed E-state index contributed by atoms with van der Waals surface area (Å²) < 4.78 is 11.4. The van der Waals surface area contributed by atoms with Crippen LogP contribution in [-0.4, -0.2) is 36.2 Å². The number of carbonyl (C=O) groups excluding carboxylic acids is 1. The molecule has 5 rings (SSSR count). The molecule has 2 aromatic rings. The van der Waals surface area contributed by atoms with Gasteiger partial charge in [0.15, 0.2) is 0 Å². The maximum Gasteiger partial charge on any atom is 0.308 e. The van der Waals surface area contributed by atoms with Gasteiger partial charge in [-0.2, -0.15) is 0 Å². The zero-order valence-corrected chi connectivity index (χ0v) is 19.9. The number of piperidine rings is 1. The molecule has 1 saturated carbocycles. The smallest absolute Gasteiger partial charge is 0.308 e. The highest BCUT2D eigenvalue weighted by molar-refractivity contribution is 6.37. The molecule has 0 radical (unpaired) electrons. The SMILES string of the molecule is COC(=O)C1CC2CCC(C1)N2Cc1ccc2ccc(O[C@H]3CC[C@@H](C)CC3)c(Cl)c2c1. The summed E-state index contributed by atoms with van der Waals surface area (Å²) in [6.45, 7) is 3.23. The first kappa shape index (κ1) is 22.0. The maximum atomic E-state index is 12.1. The summed E-state index contributed by atoms with van der Waals surface area (Å²) in [4.78, 5) is 14.7. The third kappa shape index (κ3) is 4.36. The minimum Gasteiger partial charge on any atom is -0.489 e. The summed E-state index contributed by atoms with van der Waals surface area (Å²) in [5.41, 5.74) is 1.27. The van der Waals surface area contributed by atoms with E-state index in [4.69, 9.17) is 21.1 Å². The highest BCUT2D eigenvalue weighted by Crippen LogP contribution is 2.41. The van der Waals surface area contributed by atoms with E-state index in [9.17, 15) is 4.79 Å². The lowest BCUT2D eigenvalue weighted by molar-refractivity contribution is -0.148. The quantitative estimate of drug-likeness (QED) is 0.491. The number of esters is 1. The van der Waals surface area contributed by atoms with Crippen molar-refractivity contribution in [3.8, 4) is 5.75 Å². The number of nitrogens with zero attached hydrogens (tertiary/aromatic N) is 1. The minimum atomic E-state index is -0.0426. The first-order chi connectivity index (χ1) is 15.5. The predicted molar refractivity (Wildman–Crippen MR) is 128 cm³/mol. The topological polar surface area (TPSA) is 38.8 Å². The van der Waals surface area contributed by atoms with E-state index < -0.39 is 0 Å². The fourth-order valence-corrected chi connectivity index (χ4v) is 6.40. The second-order valence-corrected chi connectivity index (χ2v) is 10.6. The molecule has 2 unspecified atom stereocenters. The van der Waals surface area contributed by atoms with Crippen LogP contribution in [-0.2, 0) is 16.1 Å². The third-order valence-electron chi connectivity index (χ3n) is 8.03. The molecular weight excluding hydrogens is 422 g/mol. The van der Waals surface area contributed by atoms with Gasteiger partial charge in [-0.05, 0) is 80.4 Å². The molecule has 0 amide bonds. The van der Waals surface area contributed by atoms with Gasteiger partial charge in [0.05, 0.1) is 24.2 Å². The Morgan fingerprint density at radius 1 is 1.03 bits per heavy atom. The predicted octanol–water partition coefficient (Wildman–Crippen LogP) is 6.37. The number of fused-ring (bicyclic) bond motifs is 3. The van der Waals surface area contributed by atoms with Gasteiger partial charge in [-0.1, -0.05) is 36.7 Å². The highest BCUT2D eigenvalue weighted by atomic mass is 35.5. The molecule has 2 bridgehead atoms. The van der Waals surface area contributed by atoms with Crippen LogP contribution < -0.4 is 4.74 Å². The number of halogens is 1. The summed E-state index contributed by atoms with van der Waals surface area (Å²) >= 11 is 6.85. The van der Waals surface area contributed by atoms with Crippen molar-refractivity contribution < 1.29 is 14.3 Å². The molecule has 32 heavy (non-hydrogen) atoms. The summed E-state index contributed by atoms with van der Waals surface area (Å²) in [6.07, 6.45) is 9.13. The summed E-state index contributed by atoms with van der Waals surface area (Å²) in [6, 6.07) is 11.7. The molecule has 4 nitrogen and oxygen atoms in total. The Morgan fingerprint density at radius 3 is 2.41 bits per heavy atom. The molecule has 3 fully saturated rings. The largest absolute Gasteiger partial charge is 0.489 e. The number of ether oxygens (including phenoxy) is 2. The van der Waals surface area contributed by atoms with Gasteiger partial charge in [-0.15, -0.1) is 0 Å². The zero-order chi connectivity index (χ0) is 22.2. The monoisotopic (exact) mass is 455 g/mol. The van der Waals surface area contributed by atoms with Crippen LogP contribution >= 0.6 is 11.6 Å². The van der Waals surface area contributed by atoms with E-state index in [0.29, 0.717) is 12.1 Å². The van der Waals surface area contributed by atoms with Crippen LogP contribution in [0.15, 0.2) is 30.3 Å². The van der Waals surface area contributed by atoms with Crippen molar-refractivity contribution in [1.29, 1.82) is 0 Å². The number of methoxy groups -OCH3 is 1. The lowest BCUT2D eigenvalue weighted by Crippen LogP contribution is -2.44. The van der Waals surface area contributed by atoms with E-state index in [2.05, 4.69) is 36.1 Å². The van der Waals surface area contributed by atoms with Crippen molar-refractivity contribution >= 4 is 28.3 Å². The molecule has 0 spiro atoms. The molecule has 2 aromatic carbocycles. The number of carbonyl (C=O) groups is 1. The van der Waals surface area contributed by atoms with Gasteiger partial charge in [0, 0.05) is 24.0 Å². The number of rotatable bonds is 5.